The summed E-state index contributed by atoms with van der Waals surface area (Å²) in [7, 11) is 1.19. The van der Waals surface area contributed by atoms with Gasteiger partial charge in [-0.3, -0.25) is 9.59 Å². The van der Waals surface area contributed by atoms with Gasteiger partial charge in [-0.1, -0.05) is 54.6 Å². The van der Waals surface area contributed by atoms with Crippen molar-refractivity contribution in [3.05, 3.63) is 72.3 Å². The lowest BCUT2D eigenvalue weighted by Crippen LogP contribution is -2.51. The molecule has 0 saturated heterocycles. The number of rotatable bonds is 11. The number of methoxy groups -OCH3 is 1. The number of fused-ring (bicyclic) bond motifs is 3. The molecule has 3 N–H and O–H groups in total. The van der Waals surface area contributed by atoms with Crippen molar-refractivity contribution in [1.29, 1.82) is 0 Å². The highest BCUT2D eigenvalue weighted by Crippen LogP contribution is 2.44. The molecule has 184 valence electrons. The fraction of sp³-hybridized carbons (Fsp3) is 0.308. The molecule has 2 unspecified atom stereocenters. The number of carboxylic acid groups (broad SMARTS) is 1. The van der Waals surface area contributed by atoms with E-state index < -0.39 is 36.0 Å². The molecule has 3 rings (SSSR count). The van der Waals surface area contributed by atoms with Gasteiger partial charge in [0.05, 0.1) is 7.11 Å². The molecule has 0 heterocycles. The summed E-state index contributed by atoms with van der Waals surface area (Å²) >= 11 is 0. The van der Waals surface area contributed by atoms with E-state index in [0.29, 0.717) is 0 Å². The third kappa shape index (κ3) is 6.26. The Balaban J connectivity index is 1.62. The maximum atomic E-state index is 12.7. The number of amides is 2. The summed E-state index contributed by atoms with van der Waals surface area (Å²) in [5.74, 6) is -2.77. The first-order valence-electron chi connectivity index (χ1n) is 11.2. The van der Waals surface area contributed by atoms with E-state index in [1.54, 1.807) is 0 Å². The zero-order valence-corrected chi connectivity index (χ0v) is 19.4. The fourth-order valence-corrected chi connectivity index (χ4v) is 4.07. The van der Waals surface area contributed by atoms with E-state index in [1.807, 2.05) is 48.5 Å². The van der Waals surface area contributed by atoms with Crippen LogP contribution in [0.25, 0.3) is 11.1 Å². The zero-order chi connectivity index (χ0) is 25.4. The van der Waals surface area contributed by atoms with Crippen LogP contribution >= 0.6 is 0 Å². The predicted octanol–water partition coefficient (Wildman–Crippen LogP) is 2.99. The van der Waals surface area contributed by atoms with Crippen LogP contribution in [0.5, 0.6) is 0 Å². The number of nitrogens with one attached hydrogen (secondary N) is 2. The molecule has 35 heavy (non-hydrogen) atoms. The van der Waals surface area contributed by atoms with E-state index in [9.17, 15) is 24.3 Å². The molecular formula is C26H28N2O7. The molecule has 0 saturated carbocycles. The second kappa shape index (κ2) is 11.8. The number of hydrogen-bond donors (Lipinski definition) is 3. The average molecular weight is 481 g/mol. The zero-order valence-electron chi connectivity index (χ0n) is 19.4. The largest absolute Gasteiger partial charge is 0.480 e. The second-order valence-corrected chi connectivity index (χ2v) is 8.06. The molecule has 1 aliphatic carbocycles. The highest BCUT2D eigenvalue weighted by atomic mass is 16.5. The number of carbonyl (C=O) groups excluding carboxylic acids is 3. The summed E-state index contributed by atoms with van der Waals surface area (Å²) in [5, 5.41) is 14.2. The van der Waals surface area contributed by atoms with Crippen molar-refractivity contribution in [3.8, 4) is 11.1 Å². The summed E-state index contributed by atoms with van der Waals surface area (Å²) in [5.41, 5.74) is 4.29. The van der Waals surface area contributed by atoms with E-state index in [4.69, 9.17) is 4.74 Å². The van der Waals surface area contributed by atoms with E-state index in [1.165, 1.54) is 13.2 Å². The van der Waals surface area contributed by atoms with Gasteiger partial charge in [0.2, 0.25) is 5.91 Å². The van der Waals surface area contributed by atoms with E-state index in [2.05, 4.69) is 21.9 Å². The first-order chi connectivity index (χ1) is 16.8. The van der Waals surface area contributed by atoms with Gasteiger partial charge in [-0.15, -0.1) is 6.58 Å². The Morgan fingerprint density at radius 1 is 1.00 bits per heavy atom. The van der Waals surface area contributed by atoms with Crippen molar-refractivity contribution in [3.63, 3.8) is 0 Å². The van der Waals surface area contributed by atoms with Crippen LogP contribution in [0.2, 0.25) is 0 Å². The van der Waals surface area contributed by atoms with Crippen LogP contribution in [0.15, 0.2) is 61.2 Å². The van der Waals surface area contributed by atoms with E-state index >= 15 is 0 Å². The average Bonchev–Trinajstić information content (AvgIpc) is 3.18. The Morgan fingerprint density at radius 3 is 2.14 bits per heavy atom. The number of aliphatic carboxylic acids is 1. The molecule has 9 nitrogen and oxygen atoms in total. The van der Waals surface area contributed by atoms with Gasteiger partial charge >= 0.3 is 18.0 Å². The Bertz CT molecular complexity index is 1070. The van der Waals surface area contributed by atoms with Crippen LogP contribution in [0.4, 0.5) is 4.79 Å². The van der Waals surface area contributed by atoms with E-state index in [-0.39, 0.29) is 31.8 Å². The van der Waals surface area contributed by atoms with Gasteiger partial charge in [0, 0.05) is 12.3 Å². The van der Waals surface area contributed by atoms with Crippen LogP contribution < -0.4 is 10.6 Å². The lowest BCUT2D eigenvalue weighted by Gasteiger charge is -2.21. The van der Waals surface area contributed by atoms with Gasteiger partial charge in [-0.25, -0.2) is 9.59 Å². The summed E-state index contributed by atoms with van der Waals surface area (Å²) in [6.45, 7) is 3.65. The molecule has 2 aromatic carbocycles. The normalized spacial score (nSPS) is 13.5. The number of ether oxygens (including phenoxy) is 2. The molecule has 0 bridgehead atoms. The number of esters is 1. The smallest absolute Gasteiger partial charge is 0.407 e. The molecular weight excluding hydrogens is 452 g/mol. The molecule has 2 atom stereocenters. The molecule has 2 aromatic rings. The van der Waals surface area contributed by atoms with E-state index in [0.717, 1.165) is 22.3 Å². The van der Waals surface area contributed by atoms with Crippen molar-refractivity contribution in [2.45, 2.75) is 37.3 Å². The number of carbonyl (C=O) groups is 4. The highest BCUT2D eigenvalue weighted by molar-refractivity contribution is 5.89. The molecule has 0 fully saturated rings. The lowest BCUT2D eigenvalue weighted by molar-refractivity contribution is -0.144. The van der Waals surface area contributed by atoms with Gasteiger partial charge < -0.3 is 25.2 Å². The van der Waals surface area contributed by atoms with Crippen molar-refractivity contribution in [2.75, 3.05) is 13.7 Å². The SMILES string of the molecule is C=CCC(NC(=O)OCC1c2ccccc2-c2ccccc21)C(=O)NC(CCC(=O)OC)C(=O)O. The van der Waals surface area contributed by atoms with Crippen LogP contribution in [0, 0.1) is 0 Å². The van der Waals surface area contributed by atoms with Crippen molar-refractivity contribution in [1.82, 2.24) is 10.6 Å². The fourth-order valence-electron chi connectivity index (χ4n) is 4.07. The molecule has 0 aliphatic heterocycles. The lowest BCUT2D eigenvalue weighted by atomic mass is 9.98. The number of alkyl carbamates (subject to hydrolysis) is 1. The molecule has 1 aliphatic rings. The van der Waals surface area contributed by atoms with Crippen molar-refractivity contribution in [2.24, 2.45) is 0 Å². The standard InChI is InChI=1S/C26H28N2O7/c1-3-8-21(24(30)27-22(25(31)32)13-14-23(29)34-2)28-26(33)35-15-20-18-11-6-4-9-16(18)17-10-5-7-12-19(17)20/h3-7,9-12,20-22H,1,8,13-15H2,2H3,(H,27,30)(H,28,33)(H,31,32). The Labute approximate surface area is 203 Å². The molecule has 2 amide bonds. The topological polar surface area (TPSA) is 131 Å². The minimum absolute atomic E-state index is 0.0549. The predicted molar refractivity (Wildman–Crippen MR) is 128 cm³/mol. The Morgan fingerprint density at radius 2 is 1.60 bits per heavy atom. The Hall–Kier alpha value is -4.14. The van der Waals surface area contributed by atoms with Gasteiger partial charge in [-0.2, -0.15) is 0 Å². The van der Waals surface area contributed by atoms with Gasteiger partial charge in [0.1, 0.15) is 18.7 Å². The monoisotopic (exact) mass is 480 g/mol. The molecule has 0 spiro atoms. The quantitative estimate of drug-likeness (QED) is 0.333. The number of benzene rings is 2. The molecule has 0 aromatic heterocycles. The summed E-state index contributed by atoms with van der Waals surface area (Å²) in [4.78, 5) is 48.1. The van der Waals surface area contributed by atoms with Gasteiger partial charge in [0.15, 0.2) is 0 Å². The third-order valence-electron chi connectivity index (χ3n) is 5.83. The maximum Gasteiger partial charge on any atom is 0.407 e. The third-order valence-corrected chi connectivity index (χ3v) is 5.83. The molecule has 0 radical (unpaired) electrons. The highest BCUT2D eigenvalue weighted by Gasteiger charge is 2.30. The van der Waals surface area contributed by atoms with Crippen LogP contribution in [-0.2, 0) is 23.9 Å². The van der Waals surface area contributed by atoms with Gasteiger partial charge in [-0.05, 0) is 35.1 Å². The Kier molecular flexibility index (Phi) is 8.61. The minimum atomic E-state index is -1.32. The van der Waals surface area contributed by atoms with Crippen LogP contribution in [-0.4, -0.2) is 54.8 Å². The van der Waals surface area contributed by atoms with Crippen LogP contribution in [0.1, 0.15) is 36.3 Å². The maximum absolute atomic E-state index is 12.7. The molecule has 9 heteroatoms. The number of hydrogen-bond acceptors (Lipinski definition) is 6. The summed E-state index contributed by atoms with van der Waals surface area (Å²) < 4.78 is 9.98. The number of carboxylic acids is 1. The summed E-state index contributed by atoms with van der Waals surface area (Å²) in [6.07, 6.45) is 0.340. The first-order valence-corrected chi connectivity index (χ1v) is 11.2. The minimum Gasteiger partial charge on any atom is -0.480 e. The summed E-state index contributed by atoms with van der Waals surface area (Å²) in [6, 6.07) is 13.4. The second-order valence-electron chi connectivity index (χ2n) is 8.06. The van der Waals surface area contributed by atoms with Crippen molar-refractivity contribution < 1.29 is 33.8 Å². The van der Waals surface area contributed by atoms with Gasteiger partial charge in [0.25, 0.3) is 0 Å². The van der Waals surface area contributed by atoms with Crippen molar-refractivity contribution >= 4 is 23.9 Å². The van der Waals surface area contributed by atoms with Crippen LogP contribution in [0.3, 0.4) is 0 Å². The first kappa shape index (κ1) is 25.5.